The Morgan fingerprint density at radius 1 is 0.976 bits per heavy atom. The molecule has 41 heavy (non-hydrogen) atoms. The third-order valence-corrected chi connectivity index (χ3v) is 9.44. The average Bonchev–Trinajstić information content (AvgIpc) is 3.47. The number of hydrogen-bond acceptors (Lipinski definition) is 6. The van der Waals surface area contributed by atoms with Gasteiger partial charge in [0.1, 0.15) is 18.1 Å². The molecule has 1 saturated heterocycles. The smallest absolute Gasteiger partial charge is 0.258 e. The first kappa shape index (κ1) is 27.1. The maximum absolute atomic E-state index is 13.4. The molecule has 4 aromatic rings. The van der Waals surface area contributed by atoms with Gasteiger partial charge < -0.3 is 23.7 Å². The van der Waals surface area contributed by atoms with E-state index < -0.39 is 10.0 Å². The van der Waals surface area contributed by atoms with E-state index in [0.717, 1.165) is 28.0 Å². The van der Waals surface area contributed by atoms with Gasteiger partial charge in [0.25, 0.3) is 5.91 Å². The molecule has 0 atom stereocenters. The van der Waals surface area contributed by atoms with Crippen LogP contribution in [-0.2, 0) is 26.1 Å². The zero-order valence-corrected chi connectivity index (χ0v) is 23.8. The standard InChI is InChI=1S/C31H31N3O6S/c1-32-29-12-11-25(41(36,37)34-14-16-39-17-15-34)20-27(29)28(31(32)35)19-22-21-33(30-6-4-3-5-26(22)30)13-18-40-24-9-7-23(38-2)8-10-24/h3-12,19-21H,13-18H2,1-2H3/b28-19-. The van der Waals surface area contributed by atoms with Gasteiger partial charge in [-0.3, -0.25) is 4.79 Å². The number of carbonyl (C=O) groups excluding carboxylic acids is 1. The van der Waals surface area contributed by atoms with Gasteiger partial charge in [-0.2, -0.15) is 4.31 Å². The molecule has 1 fully saturated rings. The number of benzene rings is 3. The molecular formula is C31H31N3O6S. The third-order valence-electron chi connectivity index (χ3n) is 7.54. The van der Waals surface area contributed by atoms with Crippen LogP contribution in [0.1, 0.15) is 11.1 Å². The molecule has 0 unspecified atom stereocenters. The Labute approximate surface area is 239 Å². The number of carbonyl (C=O) groups is 1. The summed E-state index contributed by atoms with van der Waals surface area (Å²) < 4.78 is 46.7. The molecule has 2 aliphatic heterocycles. The number of fused-ring (bicyclic) bond motifs is 2. The van der Waals surface area contributed by atoms with Crippen molar-refractivity contribution in [3.63, 3.8) is 0 Å². The zero-order chi connectivity index (χ0) is 28.6. The zero-order valence-electron chi connectivity index (χ0n) is 22.9. The predicted octanol–water partition coefficient (Wildman–Crippen LogP) is 4.27. The van der Waals surface area contributed by atoms with Crippen LogP contribution in [0.15, 0.2) is 77.8 Å². The summed E-state index contributed by atoms with van der Waals surface area (Å²) in [5.74, 6) is 1.34. The lowest BCUT2D eigenvalue weighted by Crippen LogP contribution is -2.40. The monoisotopic (exact) mass is 573 g/mol. The number of ether oxygens (including phenoxy) is 3. The van der Waals surface area contributed by atoms with Crippen molar-refractivity contribution >= 4 is 44.2 Å². The van der Waals surface area contributed by atoms with Gasteiger partial charge in [0.05, 0.1) is 37.5 Å². The number of rotatable bonds is 8. The number of nitrogens with zero attached hydrogens (tertiary/aromatic N) is 3. The van der Waals surface area contributed by atoms with E-state index in [1.165, 1.54) is 4.31 Å². The van der Waals surface area contributed by atoms with Crippen LogP contribution in [-0.4, -0.2) is 70.3 Å². The minimum Gasteiger partial charge on any atom is -0.497 e. The van der Waals surface area contributed by atoms with Crippen LogP contribution in [0.25, 0.3) is 22.6 Å². The summed E-state index contributed by atoms with van der Waals surface area (Å²) >= 11 is 0. The number of para-hydroxylation sites is 1. The van der Waals surface area contributed by atoms with E-state index >= 15 is 0 Å². The van der Waals surface area contributed by atoms with Crippen LogP contribution in [0.2, 0.25) is 0 Å². The molecule has 212 valence electrons. The second-order valence-electron chi connectivity index (χ2n) is 9.94. The third kappa shape index (κ3) is 5.10. The summed E-state index contributed by atoms with van der Waals surface area (Å²) in [7, 11) is -0.378. The maximum Gasteiger partial charge on any atom is 0.258 e. The summed E-state index contributed by atoms with van der Waals surface area (Å²) in [6.45, 7) is 2.40. The minimum absolute atomic E-state index is 0.172. The van der Waals surface area contributed by atoms with E-state index in [9.17, 15) is 13.2 Å². The Morgan fingerprint density at radius 2 is 1.71 bits per heavy atom. The van der Waals surface area contributed by atoms with Gasteiger partial charge in [-0.05, 0) is 54.6 Å². The Kier molecular flexibility index (Phi) is 7.29. The van der Waals surface area contributed by atoms with Crippen molar-refractivity contribution in [3.05, 3.63) is 84.1 Å². The summed E-state index contributed by atoms with van der Waals surface area (Å²) in [6.07, 6.45) is 3.87. The Balaban J connectivity index is 1.32. The van der Waals surface area contributed by atoms with Gasteiger partial charge in [0, 0.05) is 53.9 Å². The summed E-state index contributed by atoms with van der Waals surface area (Å²) in [4.78, 5) is 15.1. The predicted molar refractivity (Wildman–Crippen MR) is 158 cm³/mol. The van der Waals surface area contributed by atoms with Gasteiger partial charge in [-0.1, -0.05) is 18.2 Å². The van der Waals surface area contributed by atoms with E-state index in [4.69, 9.17) is 14.2 Å². The molecule has 0 saturated carbocycles. The SMILES string of the molecule is COc1ccc(OCCn2cc(/C=C3\C(=O)N(C)c4ccc(S(=O)(=O)N5CCOCC5)cc43)c3ccccc32)cc1. The molecule has 3 heterocycles. The van der Waals surface area contributed by atoms with Crippen molar-refractivity contribution in [2.75, 3.05) is 52.0 Å². The average molecular weight is 574 g/mol. The summed E-state index contributed by atoms with van der Waals surface area (Å²) in [6, 6.07) is 20.4. The molecule has 1 aromatic heterocycles. The number of morpholine rings is 1. The quantitative estimate of drug-likeness (QED) is 0.293. The molecule has 0 radical (unpaired) electrons. The fourth-order valence-corrected chi connectivity index (χ4v) is 6.76. The van der Waals surface area contributed by atoms with Crippen molar-refractivity contribution < 1.29 is 27.4 Å². The maximum atomic E-state index is 13.4. The van der Waals surface area contributed by atoms with Gasteiger partial charge in [0.15, 0.2) is 0 Å². The van der Waals surface area contributed by atoms with Gasteiger partial charge >= 0.3 is 0 Å². The second kappa shape index (κ2) is 11.0. The Morgan fingerprint density at radius 3 is 2.46 bits per heavy atom. The fraction of sp³-hybridized carbons (Fsp3) is 0.258. The Bertz CT molecular complexity index is 1740. The molecule has 0 spiro atoms. The first-order valence-electron chi connectivity index (χ1n) is 13.4. The summed E-state index contributed by atoms with van der Waals surface area (Å²) in [5.41, 5.74) is 3.63. The highest BCUT2D eigenvalue weighted by molar-refractivity contribution is 7.89. The first-order chi connectivity index (χ1) is 19.9. The molecule has 0 bridgehead atoms. The van der Waals surface area contributed by atoms with Crippen LogP contribution in [0.4, 0.5) is 5.69 Å². The lowest BCUT2D eigenvalue weighted by molar-refractivity contribution is -0.112. The molecule has 10 heteroatoms. The van der Waals surface area contributed by atoms with E-state index in [1.807, 2.05) is 60.8 Å². The molecule has 1 amide bonds. The van der Waals surface area contributed by atoms with Crippen LogP contribution in [0, 0.1) is 0 Å². The number of amides is 1. The van der Waals surface area contributed by atoms with Crippen molar-refractivity contribution in [1.29, 1.82) is 0 Å². The molecule has 0 N–H and O–H groups in total. The summed E-state index contributed by atoms with van der Waals surface area (Å²) in [5, 5.41) is 0.991. The van der Waals surface area contributed by atoms with Crippen LogP contribution >= 0.6 is 0 Å². The molecule has 0 aliphatic carbocycles. The van der Waals surface area contributed by atoms with Gasteiger partial charge in [0.2, 0.25) is 10.0 Å². The topological polar surface area (TPSA) is 90.3 Å². The van der Waals surface area contributed by atoms with E-state index in [1.54, 1.807) is 37.3 Å². The largest absolute Gasteiger partial charge is 0.497 e. The fourth-order valence-electron chi connectivity index (χ4n) is 5.33. The van der Waals surface area contributed by atoms with Crippen LogP contribution < -0.4 is 14.4 Å². The second-order valence-corrected chi connectivity index (χ2v) is 11.9. The lowest BCUT2D eigenvalue weighted by atomic mass is 10.0. The van der Waals surface area contributed by atoms with E-state index in [-0.39, 0.29) is 10.8 Å². The minimum atomic E-state index is -3.71. The van der Waals surface area contributed by atoms with Crippen molar-refractivity contribution in [1.82, 2.24) is 8.87 Å². The van der Waals surface area contributed by atoms with Crippen molar-refractivity contribution in [2.45, 2.75) is 11.4 Å². The number of hydrogen-bond donors (Lipinski definition) is 0. The molecule has 2 aliphatic rings. The molecule has 6 rings (SSSR count). The molecule has 3 aromatic carbocycles. The van der Waals surface area contributed by atoms with Gasteiger partial charge in [-0.25, -0.2) is 8.42 Å². The van der Waals surface area contributed by atoms with Crippen LogP contribution in [0.3, 0.4) is 0 Å². The first-order valence-corrected chi connectivity index (χ1v) is 14.9. The van der Waals surface area contributed by atoms with E-state index in [0.29, 0.717) is 56.3 Å². The van der Waals surface area contributed by atoms with Crippen molar-refractivity contribution in [2.24, 2.45) is 0 Å². The number of anilines is 1. The molecular weight excluding hydrogens is 542 g/mol. The Hall–Kier alpha value is -4.12. The van der Waals surface area contributed by atoms with E-state index in [2.05, 4.69) is 4.57 Å². The molecule has 9 nitrogen and oxygen atoms in total. The van der Waals surface area contributed by atoms with Crippen molar-refractivity contribution in [3.8, 4) is 11.5 Å². The van der Waals surface area contributed by atoms with Gasteiger partial charge in [-0.15, -0.1) is 0 Å². The number of likely N-dealkylation sites (N-methyl/N-ethyl adjacent to an activating group) is 1. The van der Waals surface area contributed by atoms with Crippen LogP contribution in [0.5, 0.6) is 11.5 Å². The number of sulfonamides is 1. The normalized spacial score (nSPS) is 16.9. The highest BCUT2D eigenvalue weighted by atomic mass is 32.2. The lowest BCUT2D eigenvalue weighted by Gasteiger charge is -2.26. The highest BCUT2D eigenvalue weighted by Gasteiger charge is 2.33. The highest BCUT2D eigenvalue weighted by Crippen LogP contribution is 2.39. The number of methoxy groups -OCH3 is 1. The number of aromatic nitrogens is 1.